The third kappa shape index (κ3) is 1.81. The highest BCUT2D eigenvalue weighted by atomic mass is 79.9. The number of thiophene rings is 1. The number of halogens is 1. The number of imidazole rings is 1. The fraction of sp³-hybridized carbons (Fsp3) is 0.154. The maximum atomic E-state index is 4.65. The Balaban J connectivity index is 2.23. The summed E-state index contributed by atoms with van der Waals surface area (Å²) in [5, 5.41) is 0. The van der Waals surface area contributed by atoms with Gasteiger partial charge in [0.1, 0.15) is 5.65 Å². The summed E-state index contributed by atoms with van der Waals surface area (Å²) in [6.45, 7) is 4.20. The van der Waals surface area contributed by atoms with Crippen LogP contribution in [0.1, 0.15) is 10.6 Å². The average Bonchev–Trinajstić information content (AvgIpc) is 2.90. The first-order chi connectivity index (χ1) is 8.15. The van der Waals surface area contributed by atoms with Crippen LogP contribution in [0.2, 0.25) is 0 Å². The van der Waals surface area contributed by atoms with E-state index in [9.17, 15) is 0 Å². The lowest BCUT2D eigenvalue weighted by Crippen LogP contribution is -1.89. The van der Waals surface area contributed by atoms with Gasteiger partial charge in [0.05, 0.1) is 10.6 Å². The zero-order valence-electron chi connectivity index (χ0n) is 9.57. The second-order valence-corrected chi connectivity index (χ2v) is 6.17. The summed E-state index contributed by atoms with van der Waals surface area (Å²) in [5.41, 5.74) is 3.21. The van der Waals surface area contributed by atoms with Crippen LogP contribution in [-0.2, 0) is 0 Å². The Morgan fingerprint density at radius 2 is 2.00 bits per heavy atom. The molecule has 17 heavy (non-hydrogen) atoms. The highest BCUT2D eigenvalue weighted by Gasteiger charge is 2.08. The van der Waals surface area contributed by atoms with Crippen LogP contribution in [0.5, 0.6) is 0 Å². The number of nitrogens with zero attached hydrogens (tertiary/aromatic N) is 2. The molecule has 0 saturated carbocycles. The Morgan fingerprint density at radius 1 is 1.18 bits per heavy atom. The summed E-state index contributed by atoms with van der Waals surface area (Å²) in [6, 6.07) is 8.33. The quantitative estimate of drug-likeness (QED) is 0.649. The topological polar surface area (TPSA) is 17.3 Å². The van der Waals surface area contributed by atoms with E-state index in [0.717, 1.165) is 15.8 Å². The largest absolute Gasteiger partial charge is 0.303 e. The number of fused-ring (bicyclic) bond motifs is 1. The van der Waals surface area contributed by atoms with E-state index in [1.165, 1.54) is 15.4 Å². The Labute approximate surface area is 112 Å². The predicted octanol–water partition coefficient (Wildman–Crippen LogP) is 4.44. The first kappa shape index (κ1) is 11.0. The van der Waals surface area contributed by atoms with Gasteiger partial charge in [0, 0.05) is 21.2 Å². The van der Waals surface area contributed by atoms with Gasteiger partial charge in [0.2, 0.25) is 0 Å². The monoisotopic (exact) mass is 306 g/mol. The lowest BCUT2D eigenvalue weighted by atomic mass is 10.3. The molecule has 3 aromatic rings. The van der Waals surface area contributed by atoms with Gasteiger partial charge in [0.15, 0.2) is 0 Å². The molecule has 3 aromatic heterocycles. The van der Waals surface area contributed by atoms with Crippen molar-refractivity contribution in [3.8, 4) is 10.6 Å². The summed E-state index contributed by atoms with van der Waals surface area (Å²) >= 11 is 5.32. The number of hydrogen-bond acceptors (Lipinski definition) is 2. The minimum atomic E-state index is 0.992. The molecule has 0 atom stereocenters. The first-order valence-corrected chi connectivity index (χ1v) is 6.97. The number of pyridine rings is 1. The molecular formula is C13H11BrN2S. The minimum Gasteiger partial charge on any atom is -0.303 e. The lowest BCUT2D eigenvalue weighted by molar-refractivity contribution is 1.08. The summed E-state index contributed by atoms with van der Waals surface area (Å²) in [6.07, 6.45) is 2.10. The van der Waals surface area contributed by atoms with Crippen molar-refractivity contribution in [2.75, 3.05) is 0 Å². The summed E-state index contributed by atoms with van der Waals surface area (Å²) in [4.78, 5) is 7.19. The number of rotatable bonds is 1. The number of hydrogen-bond donors (Lipinski definition) is 0. The van der Waals surface area contributed by atoms with Gasteiger partial charge in [-0.05, 0) is 54.0 Å². The molecule has 2 nitrogen and oxygen atoms in total. The second kappa shape index (κ2) is 3.96. The molecule has 0 aliphatic rings. The van der Waals surface area contributed by atoms with Crippen LogP contribution >= 0.6 is 27.3 Å². The van der Waals surface area contributed by atoms with E-state index in [0.29, 0.717) is 0 Å². The van der Waals surface area contributed by atoms with Gasteiger partial charge in [-0.25, -0.2) is 4.98 Å². The van der Waals surface area contributed by atoms with Crippen LogP contribution in [0.3, 0.4) is 0 Å². The van der Waals surface area contributed by atoms with Crippen LogP contribution in [-0.4, -0.2) is 9.38 Å². The molecular weight excluding hydrogens is 296 g/mol. The van der Waals surface area contributed by atoms with E-state index >= 15 is 0 Å². The van der Waals surface area contributed by atoms with Gasteiger partial charge in [-0.2, -0.15) is 0 Å². The molecule has 86 valence electrons. The zero-order valence-corrected chi connectivity index (χ0v) is 12.0. The van der Waals surface area contributed by atoms with Gasteiger partial charge < -0.3 is 4.40 Å². The molecule has 0 aliphatic heterocycles. The van der Waals surface area contributed by atoms with Gasteiger partial charge >= 0.3 is 0 Å². The Bertz CT molecular complexity index is 697. The molecule has 4 heteroatoms. The summed E-state index contributed by atoms with van der Waals surface area (Å²) in [7, 11) is 0. The van der Waals surface area contributed by atoms with E-state index in [4.69, 9.17) is 0 Å². The van der Waals surface area contributed by atoms with Crippen molar-refractivity contribution < 1.29 is 0 Å². The SMILES string of the molecule is Cc1ccc(-c2cn3c(C)c(Br)ccc3n2)s1. The maximum Gasteiger partial charge on any atom is 0.137 e. The third-order valence-corrected chi connectivity index (χ3v) is 4.67. The van der Waals surface area contributed by atoms with E-state index in [-0.39, 0.29) is 0 Å². The predicted molar refractivity (Wildman–Crippen MR) is 75.7 cm³/mol. The van der Waals surface area contributed by atoms with Crippen molar-refractivity contribution in [3.05, 3.63) is 45.5 Å². The molecule has 3 heterocycles. The molecule has 0 aromatic carbocycles. The van der Waals surface area contributed by atoms with Gasteiger partial charge in [-0.3, -0.25) is 0 Å². The van der Waals surface area contributed by atoms with Crippen LogP contribution in [0.4, 0.5) is 0 Å². The Morgan fingerprint density at radius 3 is 2.71 bits per heavy atom. The normalized spacial score (nSPS) is 11.2. The molecule has 0 N–H and O–H groups in total. The van der Waals surface area contributed by atoms with Crippen LogP contribution in [0.15, 0.2) is 34.9 Å². The standard InChI is InChI=1S/C13H11BrN2S/c1-8-3-5-12(17-8)11-7-16-9(2)10(14)4-6-13(16)15-11/h3-7H,1-2H3. The van der Waals surface area contributed by atoms with Crippen molar-refractivity contribution in [1.82, 2.24) is 9.38 Å². The van der Waals surface area contributed by atoms with Gasteiger partial charge in [-0.15, -0.1) is 11.3 Å². The minimum absolute atomic E-state index is 0.992. The summed E-state index contributed by atoms with van der Waals surface area (Å²) < 4.78 is 3.23. The fourth-order valence-electron chi connectivity index (χ4n) is 1.86. The third-order valence-electron chi connectivity index (χ3n) is 2.81. The molecule has 0 radical (unpaired) electrons. The Kier molecular flexibility index (Phi) is 2.56. The first-order valence-electron chi connectivity index (χ1n) is 5.36. The maximum absolute atomic E-state index is 4.65. The molecule has 0 bridgehead atoms. The van der Waals surface area contributed by atoms with E-state index < -0.39 is 0 Å². The molecule has 0 saturated heterocycles. The summed E-state index contributed by atoms with van der Waals surface area (Å²) in [5.74, 6) is 0. The van der Waals surface area contributed by atoms with Crippen molar-refractivity contribution in [1.29, 1.82) is 0 Å². The Hall–Kier alpha value is -1.13. The van der Waals surface area contributed by atoms with Gasteiger partial charge in [-0.1, -0.05) is 0 Å². The number of aryl methyl sites for hydroxylation is 2. The number of aromatic nitrogens is 2. The van der Waals surface area contributed by atoms with Crippen molar-refractivity contribution >= 4 is 32.9 Å². The highest BCUT2D eigenvalue weighted by molar-refractivity contribution is 9.10. The smallest absolute Gasteiger partial charge is 0.137 e. The average molecular weight is 307 g/mol. The van der Waals surface area contributed by atoms with E-state index in [2.05, 4.69) is 57.5 Å². The van der Waals surface area contributed by atoms with Crippen LogP contribution < -0.4 is 0 Å². The van der Waals surface area contributed by atoms with E-state index in [1.807, 2.05) is 12.1 Å². The molecule has 0 fully saturated rings. The van der Waals surface area contributed by atoms with E-state index in [1.54, 1.807) is 11.3 Å². The molecule has 0 unspecified atom stereocenters. The van der Waals surface area contributed by atoms with Crippen molar-refractivity contribution in [2.24, 2.45) is 0 Å². The van der Waals surface area contributed by atoms with Crippen LogP contribution in [0, 0.1) is 13.8 Å². The molecule has 0 amide bonds. The molecule has 0 spiro atoms. The second-order valence-electron chi connectivity index (χ2n) is 4.03. The van der Waals surface area contributed by atoms with Crippen LogP contribution in [0.25, 0.3) is 16.2 Å². The fourth-order valence-corrected chi connectivity index (χ4v) is 3.00. The van der Waals surface area contributed by atoms with Crippen molar-refractivity contribution in [3.63, 3.8) is 0 Å². The zero-order chi connectivity index (χ0) is 12.0. The lowest BCUT2D eigenvalue weighted by Gasteiger charge is -2.00. The highest BCUT2D eigenvalue weighted by Crippen LogP contribution is 2.28. The van der Waals surface area contributed by atoms with Gasteiger partial charge in [0.25, 0.3) is 0 Å². The molecule has 3 rings (SSSR count). The van der Waals surface area contributed by atoms with Crippen molar-refractivity contribution in [2.45, 2.75) is 13.8 Å². The molecule has 0 aliphatic carbocycles.